The minimum absolute atomic E-state index is 0.603. The van der Waals surface area contributed by atoms with Gasteiger partial charge in [-0.25, -0.2) is 19.9 Å². The van der Waals surface area contributed by atoms with E-state index in [2.05, 4.69) is 170 Å². The van der Waals surface area contributed by atoms with Crippen LogP contribution in [0.25, 0.3) is 90.1 Å². The van der Waals surface area contributed by atoms with Crippen LogP contribution in [0.4, 0.5) is 0 Å². The zero-order chi connectivity index (χ0) is 36.1. The summed E-state index contributed by atoms with van der Waals surface area (Å²) in [5.41, 5.74) is 13.4. The van der Waals surface area contributed by atoms with Crippen LogP contribution in [0.15, 0.2) is 206 Å². The highest BCUT2D eigenvalue weighted by atomic mass is 15.0. The van der Waals surface area contributed by atoms with Crippen molar-refractivity contribution in [2.75, 3.05) is 0 Å². The lowest BCUT2D eigenvalue weighted by Crippen LogP contribution is -2.00. The van der Waals surface area contributed by atoms with Crippen molar-refractivity contribution in [3.05, 3.63) is 206 Å². The lowest BCUT2D eigenvalue weighted by molar-refractivity contribution is 1.07. The number of hydrogen-bond donors (Lipinski definition) is 0. The predicted octanol–water partition coefficient (Wildman–Crippen LogP) is 12.6. The Morgan fingerprint density at radius 2 is 0.593 bits per heavy atom. The van der Waals surface area contributed by atoms with E-state index >= 15 is 0 Å². The molecule has 0 aliphatic rings. The number of pyridine rings is 1. The summed E-state index contributed by atoms with van der Waals surface area (Å²) in [5.74, 6) is 1.84. The molecule has 9 aromatic rings. The first-order valence-corrected chi connectivity index (χ1v) is 18.1. The Morgan fingerprint density at radius 3 is 1.09 bits per heavy atom. The maximum absolute atomic E-state index is 5.22. The standard InChI is InChI=1S/C50H34N4/c1-5-14-35(15-6-1)37-24-28-41(29-25-37)48-52-49(42-30-26-38(27-31-42)36-16-7-2-8-17-36)54-50(53-48)44-23-13-22-43(34-44)45-32-33-46(39-18-9-3-10-19-39)51-47(45)40-20-11-4-12-21-40/h1-34H. The third kappa shape index (κ3) is 6.84. The van der Waals surface area contributed by atoms with Crippen molar-refractivity contribution >= 4 is 0 Å². The predicted molar refractivity (Wildman–Crippen MR) is 221 cm³/mol. The van der Waals surface area contributed by atoms with Gasteiger partial charge in [0.15, 0.2) is 17.5 Å². The molecule has 0 atom stereocenters. The second-order valence-electron chi connectivity index (χ2n) is 13.1. The second kappa shape index (κ2) is 14.7. The molecule has 0 N–H and O–H groups in total. The van der Waals surface area contributed by atoms with Crippen molar-refractivity contribution in [3.8, 4) is 90.1 Å². The van der Waals surface area contributed by atoms with Gasteiger partial charge >= 0.3 is 0 Å². The van der Waals surface area contributed by atoms with Crippen molar-refractivity contribution in [2.45, 2.75) is 0 Å². The van der Waals surface area contributed by atoms with Crippen LogP contribution in [-0.2, 0) is 0 Å². The maximum Gasteiger partial charge on any atom is 0.164 e. The Kier molecular flexibility index (Phi) is 8.90. The zero-order valence-electron chi connectivity index (χ0n) is 29.4. The van der Waals surface area contributed by atoms with Gasteiger partial charge in [0.1, 0.15) is 0 Å². The Balaban J connectivity index is 1.15. The number of rotatable bonds is 8. The number of hydrogen-bond acceptors (Lipinski definition) is 4. The van der Waals surface area contributed by atoms with Gasteiger partial charge in [-0.2, -0.15) is 0 Å². The Bertz CT molecular complexity index is 2560. The van der Waals surface area contributed by atoms with E-state index in [-0.39, 0.29) is 0 Å². The average Bonchev–Trinajstić information content (AvgIpc) is 3.27. The first-order chi connectivity index (χ1) is 26.7. The van der Waals surface area contributed by atoms with Gasteiger partial charge in [0.2, 0.25) is 0 Å². The molecule has 2 aromatic heterocycles. The van der Waals surface area contributed by atoms with Crippen LogP contribution in [0.1, 0.15) is 0 Å². The molecule has 0 saturated carbocycles. The van der Waals surface area contributed by atoms with E-state index in [0.29, 0.717) is 17.5 Å². The number of aromatic nitrogens is 4. The van der Waals surface area contributed by atoms with Crippen molar-refractivity contribution in [1.29, 1.82) is 0 Å². The maximum atomic E-state index is 5.22. The third-order valence-electron chi connectivity index (χ3n) is 9.58. The van der Waals surface area contributed by atoms with Gasteiger partial charge in [-0.05, 0) is 39.9 Å². The lowest BCUT2D eigenvalue weighted by atomic mass is 9.96. The molecule has 0 aliphatic heterocycles. The van der Waals surface area contributed by atoms with Crippen molar-refractivity contribution in [2.24, 2.45) is 0 Å². The van der Waals surface area contributed by atoms with Gasteiger partial charge in [0.25, 0.3) is 0 Å². The molecule has 4 heteroatoms. The molecular weight excluding hydrogens is 657 g/mol. The summed E-state index contributed by atoms with van der Waals surface area (Å²) in [5, 5.41) is 0. The zero-order valence-corrected chi connectivity index (χ0v) is 29.4. The van der Waals surface area contributed by atoms with E-state index in [0.717, 1.165) is 72.6 Å². The summed E-state index contributed by atoms with van der Waals surface area (Å²) in [7, 11) is 0. The molecule has 0 aliphatic carbocycles. The lowest BCUT2D eigenvalue weighted by Gasteiger charge is -2.14. The average molecular weight is 691 g/mol. The fourth-order valence-electron chi connectivity index (χ4n) is 6.75. The molecule has 54 heavy (non-hydrogen) atoms. The molecule has 254 valence electrons. The van der Waals surface area contributed by atoms with Gasteiger partial charge in [0, 0.05) is 33.4 Å². The third-order valence-corrected chi connectivity index (χ3v) is 9.58. The molecule has 0 fully saturated rings. The van der Waals surface area contributed by atoms with E-state index in [1.807, 2.05) is 36.4 Å². The van der Waals surface area contributed by atoms with Crippen LogP contribution < -0.4 is 0 Å². The minimum Gasteiger partial charge on any atom is -0.247 e. The van der Waals surface area contributed by atoms with Gasteiger partial charge in [-0.15, -0.1) is 0 Å². The van der Waals surface area contributed by atoms with Crippen LogP contribution in [-0.4, -0.2) is 19.9 Å². The van der Waals surface area contributed by atoms with Crippen LogP contribution in [0, 0.1) is 0 Å². The van der Waals surface area contributed by atoms with Crippen LogP contribution in [0.2, 0.25) is 0 Å². The highest BCUT2D eigenvalue weighted by Crippen LogP contribution is 2.35. The molecule has 0 amide bonds. The van der Waals surface area contributed by atoms with Crippen LogP contribution in [0.3, 0.4) is 0 Å². The van der Waals surface area contributed by atoms with Crippen LogP contribution >= 0.6 is 0 Å². The molecule has 0 bridgehead atoms. The molecule has 0 unspecified atom stereocenters. The number of benzene rings is 7. The van der Waals surface area contributed by atoms with Gasteiger partial charge < -0.3 is 0 Å². The second-order valence-corrected chi connectivity index (χ2v) is 13.1. The smallest absolute Gasteiger partial charge is 0.164 e. The first-order valence-electron chi connectivity index (χ1n) is 18.1. The van der Waals surface area contributed by atoms with Gasteiger partial charge in [-0.1, -0.05) is 194 Å². The van der Waals surface area contributed by atoms with Crippen molar-refractivity contribution < 1.29 is 0 Å². The van der Waals surface area contributed by atoms with E-state index in [9.17, 15) is 0 Å². The summed E-state index contributed by atoms with van der Waals surface area (Å²) >= 11 is 0. The molecule has 4 nitrogen and oxygen atoms in total. The minimum atomic E-state index is 0.603. The molecule has 2 heterocycles. The molecule has 7 aromatic carbocycles. The molecule has 0 spiro atoms. The number of nitrogens with zero attached hydrogens (tertiary/aromatic N) is 4. The Hall–Kier alpha value is -7.30. The monoisotopic (exact) mass is 690 g/mol. The SMILES string of the molecule is c1ccc(-c2ccc(-c3nc(-c4ccc(-c5ccccc5)cc4)nc(-c4cccc(-c5ccc(-c6ccccc6)nc5-c5ccccc5)c4)n3)cc2)cc1. The van der Waals surface area contributed by atoms with Crippen molar-refractivity contribution in [3.63, 3.8) is 0 Å². The summed E-state index contributed by atoms with van der Waals surface area (Å²) in [4.78, 5) is 20.5. The highest BCUT2D eigenvalue weighted by Gasteiger charge is 2.16. The largest absolute Gasteiger partial charge is 0.247 e. The van der Waals surface area contributed by atoms with Crippen LogP contribution in [0.5, 0.6) is 0 Å². The topological polar surface area (TPSA) is 51.6 Å². The molecular formula is C50H34N4. The van der Waals surface area contributed by atoms with Gasteiger partial charge in [-0.3, -0.25) is 0 Å². The van der Waals surface area contributed by atoms with E-state index in [4.69, 9.17) is 19.9 Å². The quantitative estimate of drug-likeness (QED) is 0.159. The van der Waals surface area contributed by atoms with Crippen molar-refractivity contribution in [1.82, 2.24) is 19.9 Å². The van der Waals surface area contributed by atoms with E-state index < -0.39 is 0 Å². The van der Waals surface area contributed by atoms with E-state index in [1.165, 1.54) is 0 Å². The fraction of sp³-hybridized carbons (Fsp3) is 0. The van der Waals surface area contributed by atoms with Gasteiger partial charge in [0.05, 0.1) is 11.4 Å². The molecule has 0 radical (unpaired) electrons. The normalized spacial score (nSPS) is 11.0. The highest BCUT2D eigenvalue weighted by molar-refractivity contribution is 5.84. The Morgan fingerprint density at radius 1 is 0.222 bits per heavy atom. The summed E-state index contributed by atoms with van der Waals surface area (Å²) in [6, 6.07) is 71.0. The van der Waals surface area contributed by atoms with E-state index in [1.54, 1.807) is 0 Å². The summed E-state index contributed by atoms with van der Waals surface area (Å²) in [6.45, 7) is 0. The fourth-order valence-corrected chi connectivity index (χ4v) is 6.75. The summed E-state index contributed by atoms with van der Waals surface area (Å²) in [6.07, 6.45) is 0. The molecule has 9 rings (SSSR count). The first kappa shape index (κ1) is 32.6. The molecule has 0 saturated heterocycles. The Labute approximate surface area is 315 Å². The summed E-state index contributed by atoms with van der Waals surface area (Å²) < 4.78 is 0.